The average molecular weight is 473 g/mol. The van der Waals surface area contributed by atoms with Crippen LogP contribution in [0.25, 0.3) is 12.3 Å². The summed E-state index contributed by atoms with van der Waals surface area (Å²) in [5, 5.41) is 6.46. The van der Waals surface area contributed by atoms with E-state index >= 15 is 0 Å². The monoisotopic (exact) mass is 472 g/mol. The van der Waals surface area contributed by atoms with Crippen LogP contribution < -0.4 is 26.8 Å². The van der Waals surface area contributed by atoms with Gasteiger partial charge >= 0.3 is 0 Å². The molecule has 0 spiro atoms. The first kappa shape index (κ1) is 23.6. The van der Waals surface area contributed by atoms with Crippen LogP contribution in [0, 0.1) is 0 Å². The van der Waals surface area contributed by atoms with E-state index in [9.17, 15) is 24.0 Å². The lowest BCUT2D eigenvalue weighted by Crippen LogP contribution is -2.62. The lowest BCUT2D eigenvalue weighted by molar-refractivity contribution is -0.141. The topological polar surface area (TPSA) is 139 Å². The molecule has 1 saturated heterocycles. The number of rotatable bonds is 5. The first-order chi connectivity index (χ1) is 16.7. The number of carbonyl (C=O) groups excluding carboxylic acids is 5. The third kappa shape index (κ3) is 4.23. The highest BCUT2D eigenvalue weighted by Gasteiger charge is 2.52. The Morgan fingerprint density at radius 1 is 1.11 bits per heavy atom. The molecule has 0 aromatic heterocycles. The molecule has 0 aliphatic carbocycles. The Bertz CT molecular complexity index is 1430. The maximum absolute atomic E-state index is 13.1. The van der Waals surface area contributed by atoms with E-state index in [1.54, 1.807) is 12.1 Å². The molecule has 4 N–H and O–H groups in total. The zero-order chi connectivity index (χ0) is 25.3. The Morgan fingerprint density at radius 3 is 2.49 bits per heavy atom. The summed E-state index contributed by atoms with van der Waals surface area (Å²) in [7, 11) is 0. The highest BCUT2D eigenvalue weighted by Crippen LogP contribution is 2.34. The number of hydrogen-bond acceptors (Lipinski definition) is 6. The van der Waals surface area contributed by atoms with Crippen LogP contribution in [0.4, 0.5) is 0 Å². The highest BCUT2D eigenvalue weighted by atomic mass is 16.2. The molecule has 9 heteroatoms. The van der Waals surface area contributed by atoms with Gasteiger partial charge in [0.15, 0.2) is 0 Å². The number of piperidine rings is 1. The summed E-state index contributed by atoms with van der Waals surface area (Å²) >= 11 is 0. The molecule has 4 rings (SSSR count). The maximum atomic E-state index is 13.1. The van der Waals surface area contributed by atoms with Crippen LogP contribution in [0.1, 0.15) is 46.0 Å². The van der Waals surface area contributed by atoms with Crippen LogP contribution >= 0.6 is 0 Å². The maximum Gasteiger partial charge on any atom is 0.262 e. The molecule has 2 aromatic carbocycles. The number of hydrogen-bond donors (Lipinski definition) is 3. The zero-order valence-corrected chi connectivity index (χ0v) is 19.1. The summed E-state index contributed by atoms with van der Waals surface area (Å²) in [5.41, 5.74) is 5.29. The smallest absolute Gasteiger partial charge is 0.262 e. The minimum Gasteiger partial charge on any atom is -0.404 e. The third-order valence-corrected chi connectivity index (χ3v) is 6.28. The van der Waals surface area contributed by atoms with Crippen LogP contribution in [0.15, 0.2) is 54.6 Å². The molecule has 1 atom stereocenters. The molecule has 9 nitrogen and oxygen atoms in total. The molecule has 2 aliphatic heterocycles. The molecule has 0 saturated carbocycles. The minimum atomic E-state index is -1.46. The van der Waals surface area contributed by atoms with Gasteiger partial charge in [0.2, 0.25) is 5.91 Å². The molecule has 178 valence electrons. The molecule has 0 bridgehead atoms. The number of nitrogens with zero attached hydrogens (tertiary/aromatic N) is 1. The summed E-state index contributed by atoms with van der Waals surface area (Å²) in [4.78, 5) is 63.6. The van der Waals surface area contributed by atoms with Gasteiger partial charge in [-0.1, -0.05) is 36.9 Å². The summed E-state index contributed by atoms with van der Waals surface area (Å²) < 4.78 is 0. The van der Waals surface area contributed by atoms with Gasteiger partial charge in [0, 0.05) is 24.7 Å². The summed E-state index contributed by atoms with van der Waals surface area (Å²) in [6, 6.07) is 11.9. The van der Waals surface area contributed by atoms with E-state index in [1.165, 1.54) is 25.3 Å². The van der Waals surface area contributed by atoms with Crippen LogP contribution in [0.5, 0.6) is 0 Å². The number of fused-ring (bicyclic) bond motifs is 1. The van der Waals surface area contributed by atoms with Crippen molar-refractivity contribution in [3.05, 3.63) is 81.7 Å². The van der Waals surface area contributed by atoms with Gasteiger partial charge in [0.05, 0.1) is 11.1 Å². The van der Waals surface area contributed by atoms with Crippen molar-refractivity contribution in [1.82, 2.24) is 15.5 Å². The second kappa shape index (κ2) is 9.02. The Hall–Kier alpha value is -4.53. The Labute approximate surface area is 201 Å². The first-order valence-electron chi connectivity index (χ1n) is 11.0. The van der Waals surface area contributed by atoms with Crippen LogP contribution in [-0.2, 0) is 20.9 Å². The summed E-state index contributed by atoms with van der Waals surface area (Å²) in [5.74, 6) is -2.73. The van der Waals surface area contributed by atoms with Crippen LogP contribution in [0.2, 0.25) is 0 Å². The Balaban J connectivity index is 1.50. The molecular weight excluding hydrogens is 448 g/mol. The molecule has 5 amide bonds. The molecule has 2 heterocycles. The fraction of sp³-hybridized carbons (Fsp3) is 0.192. The summed E-state index contributed by atoms with van der Waals surface area (Å²) in [6.45, 7) is 5.38. The van der Waals surface area contributed by atoms with Gasteiger partial charge in [-0.15, -0.1) is 0 Å². The number of carbonyl (C=O) groups is 5. The van der Waals surface area contributed by atoms with Crippen LogP contribution in [0.3, 0.4) is 0 Å². The minimum absolute atomic E-state index is 0.0294. The fourth-order valence-corrected chi connectivity index (χ4v) is 4.20. The molecule has 0 radical (unpaired) electrons. The van der Waals surface area contributed by atoms with E-state index in [-0.39, 0.29) is 36.1 Å². The van der Waals surface area contributed by atoms with E-state index < -0.39 is 35.1 Å². The van der Waals surface area contributed by atoms with Crippen LogP contribution in [-0.4, -0.2) is 40.0 Å². The number of amides is 5. The predicted octanol–water partition coefficient (Wildman–Crippen LogP) is -0.172. The Morgan fingerprint density at radius 2 is 1.80 bits per heavy atom. The number of imide groups is 2. The zero-order valence-electron chi connectivity index (χ0n) is 19.1. The molecule has 0 unspecified atom stereocenters. The standard InChI is InChI=1S/C26H24N4O5/c1-15(11-17-5-3-4-6-18(17)13-27)22(32)28-14-16-7-8-19-20(12-16)24(34)30(23(19)33)26(2)10-9-21(31)29-25(26)35/h3-8,11-13H,1,9-10,14,27H2,2H3,(H,28,32)(H,29,31,35)/b17-11-,18-13-/t26-/m0/s1. The van der Waals surface area contributed by atoms with Crippen molar-refractivity contribution < 1.29 is 24.0 Å². The lowest BCUT2D eigenvalue weighted by Gasteiger charge is -2.38. The number of nitrogens with two attached hydrogens (primary N) is 1. The van der Waals surface area contributed by atoms with Crippen molar-refractivity contribution >= 4 is 41.8 Å². The third-order valence-electron chi connectivity index (χ3n) is 6.28. The molecule has 35 heavy (non-hydrogen) atoms. The van der Waals surface area contributed by atoms with Gasteiger partial charge < -0.3 is 11.1 Å². The number of nitrogens with one attached hydrogen (secondary N) is 2. The van der Waals surface area contributed by atoms with E-state index in [0.29, 0.717) is 5.56 Å². The first-order valence-corrected chi connectivity index (χ1v) is 11.0. The second-order valence-electron chi connectivity index (χ2n) is 8.62. The van der Waals surface area contributed by atoms with Crippen molar-refractivity contribution in [3.63, 3.8) is 0 Å². The van der Waals surface area contributed by atoms with Gasteiger partial charge in [0.1, 0.15) is 5.54 Å². The van der Waals surface area contributed by atoms with Gasteiger partial charge in [0.25, 0.3) is 23.6 Å². The van der Waals surface area contributed by atoms with E-state index in [1.807, 2.05) is 24.3 Å². The van der Waals surface area contributed by atoms with Crippen molar-refractivity contribution in [2.24, 2.45) is 5.73 Å². The van der Waals surface area contributed by atoms with Crippen molar-refractivity contribution in [2.45, 2.75) is 31.8 Å². The highest BCUT2D eigenvalue weighted by molar-refractivity contribution is 6.24. The van der Waals surface area contributed by atoms with E-state index in [4.69, 9.17) is 5.73 Å². The van der Waals surface area contributed by atoms with E-state index in [2.05, 4.69) is 17.2 Å². The normalized spacial score (nSPS) is 20.7. The van der Waals surface area contributed by atoms with Gasteiger partial charge in [-0.2, -0.15) is 0 Å². The summed E-state index contributed by atoms with van der Waals surface area (Å²) in [6.07, 6.45) is 3.15. The van der Waals surface area contributed by atoms with Crippen molar-refractivity contribution in [2.75, 3.05) is 0 Å². The van der Waals surface area contributed by atoms with Crippen molar-refractivity contribution in [1.29, 1.82) is 0 Å². The SMILES string of the molecule is C=C(/C=c1/cccc/c1=C/N)C(=O)NCc1ccc2c(c1)C(=O)N([C@@]1(C)CCC(=O)NC1=O)C2=O. The quantitative estimate of drug-likeness (QED) is 0.408. The van der Waals surface area contributed by atoms with Gasteiger partial charge in [-0.05, 0) is 47.6 Å². The largest absolute Gasteiger partial charge is 0.404 e. The predicted molar refractivity (Wildman–Crippen MR) is 128 cm³/mol. The second-order valence-corrected chi connectivity index (χ2v) is 8.62. The van der Waals surface area contributed by atoms with Gasteiger partial charge in [-0.25, -0.2) is 0 Å². The Kier molecular flexibility index (Phi) is 6.09. The molecule has 2 aliphatic rings. The average Bonchev–Trinajstić information content (AvgIpc) is 3.10. The lowest BCUT2D eigenvalue weighted by atomic mass is 9.89. The number of benzene rings is 2. The van der Waals surface area contributed by atoms with Gasteiger partial charge in [-0.3, -0.25) is 34.2 Å². The molecular formula is C26H24N4O5. The fourth-order valence-electron chi connectivity index (χ4n) is 4.20. The molecule has 1 fully saturated rings. The van der Waals surface area contributed by atoms with Crippen molar-refractivity contribution in [3.8, 4) is 0 Å². The van der Waals surface area contributed by atoms with E-state index in [0.717, 1.165) is 15.3 Å². The molecule has 2 aromatic rings.